The second kappa shape index (κ2) is 8.50. The summed E-state index contributed by atoms with van der Waals surface area (Å²) < 4.78 is 10.6. The summed E-state index contributed by atoms with van der Waals surface area (Å²) in [6.07, 6.45) is -0.588. The molecule has 0 aliphatic heterocycles. The smallest absolute Gasteiger partial charge is 0.408 e. The largest absolute Gasteiger partial charge is 0.464 e. The number of carbonyl (C=O) groups excluding carboxylic acids is 3. The first-order valence-corrected chi connectivity index (χ1v) is 10.5. The number of aliphatic hydroxyl groups is 1. The molecule has 0 aromatic carbocycles. The summed E-state index contributed by atoms with van der Waals surface area (Å²) in [5, 5.41) is 15.9. The molecule has 7 atom stereocenters. The van der Waals surface area contributed by atoms with Gasteiger partial charge in [0.25, 0.3) is 0 Å². The van der Waals surface area contributed by atoms with Crippen LogP contribution in [0, 0.1) is 23.7 Å². The van der Waals surface area contributed by atoms with Gasteiger partial charge in [-0.25, -0.2) is 9.59 Å². The Morgan fingerprint density at radius 1 is 1.24 bits per heavy atom. The van der Waals surface area contributed by atoms with Gasteiger partial charge in [-0.2, -0.15) is 0 Å². The van der Waals surface area contributed by atoms with Crippen molar-refractivity contribution in [2.24, 2.45) is 23.7 Å². The Morgan fingerprint density at radius 2 is 1.86 bits per heavy atom. The van der Waals surface area contributed by atoms with E-state index in [1.165, 1.54) is 0 Å². The van der Waals surface area contributed by atoms with Crippen LogP contribution in [0.4, 0.5) is 4.79 Å². The van der Waals surface area contributed by atoms with Gasteiger partial charge < -0.3 is 25.2 Å². The molecule has 0 heterocycles. The predicted octanol–water partition coefficient (Wildman–Crippen LogP) is 1.99. The van der Waals surface area contributed by atoms with E-state index in [-0.39, 0.29) is 36.7 Å². The number of carbonyl (C=O) groups is 3. The molecule has 3 N–H and O–H groups in total. The van der Waals surface area contributed by atoms with Crippen molar-refractivity contribution in [3.8, 4) is 0 Å². The summed E-state index contributed by atoms with van der Waals surface area (Å²) >= 11 is 0. The number of rotatable bonds is 7. The Labute approximate surface area is 173 Å². The molecule has 29 heavy (non-hydrogen) atoms. The van der Waals surface area contributed by atoms with Crippen molar-refractivity contribution in [2.45, 2.75) is 84.6 Å². The quantitative estimate of drug-likeness (QED) is 0.551. The van der Waals surface area contributed by atoms with Gasteiger partial charge in [-0.05, 0) is 45.4 Å². The monoisotopic (exact) mass is 412 g/mol. The lowest BCUT2D eigenvalue weighted by molar-refractivity contribution is -0.155. The van der Waals surface area contributed by atoms with Crippen LogP contribution in [-0.2, 0) is 19.1 Å². The van der Waals surface area contributed by atoms with Crippen LogP contribution in [0.2, 0.25) is 0 Å². The summed E-state index contributed by atoms with van der Waals surface area (Å²) in [6.45, 7) is 12.9. The van der Waals surface area contributed by atoms with E-state index < -0.39 is 41.3 Å². The third-order valence-electron chi connectivity index (χ3n) is 6.15. The Kier molecular flexibility index (Phi) is 6.87. The Bertz CT molecular complexity index is 646. The van der Waals surface area contributed by atoms with E-state index in [0.717, 1.165) is 0 Å². The predicted molar refractivity (Wildman–Crippen MR) is 107 cm³/mol. The highest BCUT2D eigenvalue weighted by Gasteiger charge is 2.71. The molecule has 8 nitrogen and oxygen atoms in total. The summed E-state index contributed by atoms with van der Waals surface area (Å²) in [5.41, 5.74) is -1.96. The molecule has 0 aromatic heterocycles. The lowest BCUT2D eigenvalue weighted by Crippen LogP contribution is -2.62. The highest BCUT2D eigenvalue weighted by atomic mass is 16.6. The molecular weight excluding hydrogens is 376 g/mol. The first-order chi connectivity index (χ1) is 13.4. The second-order valence-corrected chi connectivity index (χ2v) is 9.42. The average molecular weight is 413 g/mol. The fourth-order valence-electron chi connectivity index (χ4n) is 4.56. The number of hydrogen-bond acceptors (Lipinski definition) is 6. The zero-order valence-electron chi connectivity index (χ0n) is 18.6. The maximum Gasteiger partial charge on any atom is 0.408 e. The minimum absolute atomic E-state index is 0.0273. The van der Waals surface area contributed by atoms with Crippen molar-refractivity contribution >= 4 is 18.0 Å². The van der Waals surface area contributed by atoms with Crippen LogP contribution in [-0.4, -0.2) is 53.0 Å². The number of alkyl carbamates (subject to hydrolysis) is 1. The molecule has 0 bridgehead atoms. The van der Waals surface area contributed by atoms with Crippen molar-refractivity contribution in [3.63, 3.8) is 0 Å². The van der Waals surface area contributed by atoms with Gasteiger partial charge in [0.2, 0.25) is 5.91 Å². The van der Waals surface area contributed by atoms with Crippen molar-refractivity contribution < 1.29 is 29.0 Å². The third-order valence-corrected chi connectivity index (χ3v) is 6.15. The van der Waals surface area contributed by atoms with Crippen molar-refractivity contribution in [1.29, 1.82) is 0 Å². The standard InChI is InChI=1S/C21H36N2O6/c1-8-11(3)16(22-19(27)29-20(5,6)7)17(25)23-21(18(26)28-9-2)10-13(24)14-12(4)15(14)21/h11-16,24H,8-10H2,1-7H3,(H,22,27)(H,23,25)/t11-,12-,13-,14+,15+,16-,21-/m0/s1. The van der Waals surface area contributed by atoms with Gasteiger partial charge >= 0.3 is 12.1 Å². The number of nitrogens with one attached hydrogen (secondary N) is 2. The maximum absolute atomic E-state index is 13.2. The van der Waals surface area contributed by atoms with Gasteiger partial charge in [0.15, 0.2) is 0 Å². The summed E-state index contributed by atoms with van der Waals surface area (Å²) in [4.78, 5) is 38.3. The molecular formula is C21H36N2O6. The minimum atomic E-state index is -1.27. The maximum atomic E-state index is 13.2. The van der Waals surface area contributed by atoms with Gasteiger partial charge in [-0.15, -0.1) is 0 Å². The van der Waals surface area contributed by atoms with E-state index in [1.54, 1.807) is 27.7 Å². The molecule has 0 spiro atoms. The molecule has 2 aliphatic rings. The topological polar surface area (TPSA) is 114 Å². The Morgan fingerprint density at radius 3 is 2.31 bits per heavy atom. The van der Waals surface area contributed by atoms with Crippen LogP contribution in [0.1, 0.15) is 61.3 Å². The first kappa shape index (κ1) is 23.4. The van der Waals surface area contributed by atoms with E-state index in [0.29, 0.717) is 6.42 Å². The number of ether oxygens (including phenoxy) is 2. The normalized spacial score (nSPS) is 32.6. The van der Waals surface area contributed by atoms with Gasteiger partial charge in [0.05, 0.1) is 12.7 Å². The highest BCUT2D eigenvalue weighted by Crippen LogP contribution is 2.62. The highest BCUT2D eigenvalue weighted by molar-refractivity contribution is 5.93. The summed E-state index contributed by atoms with van der Waals surface area (Å²) in [5.74, 6) is -1.25. The number of aliphatic hydroxyl groups excluding tert-OH is 1. The number of hydrogen-bond donors (Lipinski definition) is 3. The van der Waals surface area contributed by atoms with E-state index in [2.05, 4.69) is 10.6 Å². The Balaban J connectivity index is 2.23. The fourth-order valence-corrected chi connectivity index (χ4v) is 4.56. The minimum Gasteiger partial charge on any atom is -0.464 e. The molecule has 0 radical (unpaired) electrons. The fraction of sp³-hybridized carbons (Fsp3) is 0.857. The van der Waals surface area contributed by atoms with E-state index in [9.17, 15) is 19.5 Å². The van der Waals surface area contributed by atoms with Crippen molar-refractivity contribution in [1.82, 2.24) is 10.6 Å². The van der Waals surface area contributed by atoms with Crippen LogP contribution in [0.15, 0.2) is 0 Å². The Hall–Kier alpha value is -1.83. The molecule has 0 saturated heterocycles. The number of fused-ring (bicyclic) bond motifs is 1. The molecule has 8 heteroatoms. The molecule has 2 rings (SSSR count). The molecule has 0 aromatic rings. The summed E-state index contributed by atoms with van der Waals surface area (Å²) in [6, 6.07) is -0.869. The zero-order chi connectivity index (χ0) is 22.1. The second-order valence-electron chi connectivity index (χ2n) is 9.42. The number of amides is 2. The van der Waals surface area contributed by atoms with Gasteiger partial charge in [0, 0.05) is 12.3 Å². The molecule has 166 valence electrons. The molecule has 2 saturated carbocycles. The van der Waals surface area contributed by atoms with Crippen LogP contribution in [0.5, 0.6) is 0 Å². The zero-order valence-corrected chi connectivity index (χ0v) is 18.6. The lowest BCUT2D eigenvalue weighted by atomic mass is 9.88. The first-order valence-electron chi connectivity index (χ1n) is 10.5. The van der Waals surface area contributed by atoms with Gasteiger partial charge in [-0.3, -0.25) is 4.79 Å². The molecule has 0 unspecified atom stereocenters. The third kappa shape index (κ3) is 4.85. The molecule has 2 aliphatic carbocycles. The SMILES string of the molecule is CCOC(=O)[C@]1(NC(=O)[C@@H](NC(=O)OC(C)(C)C)[C@@H](C)CC)C[C@H](O)[C@H]2[C@H](C)[C@H]21. The van der Waals surface area contributed by atoms with Crippen molar-refractivity contribution in [3.05, 3.63) is 0 Å². The van der Waals surface area contributed by atoms with Crippen LogP contribution in [0.3, 0.4) is 0 Å². The molecule has 2 fully saturated rings. The van der Waals surface area contributed by atoms with E-state index >= 15 is 0 Å². The van der Waals surface area contributed by atoms with Gasteiger partial charge in [0.1, 0.15) is 17.2 Å². The lowest BCUT2D eigenvalue weighted by Gasteiger charge is -2.34. The number of esters is 1. The van der Waals surface area contributed by atoms with Crippen LogP contribution >= 0.6 is 0 Å². The average Bonchev–Trinajstić information content (AvgIpc) is 3.18. The van der Waals surface area contributed by atoms with E-state index in [4.69, 9.17) is 9.47 Å². The van der Waals surface area contributed by atoms with Crippen LogP contribution in [0.25, 0.3) is 0 Å². The van der Waals surface area contributed by atoms with Crippen LogP contribution < -0.4 is 10.6 Å². The summed E-state index contributed by atoms with van der Waals surface area (Å²) in [7, 11) is 0. The molecule has 2 amide bonds. The van der Waals surface area contributed by atoms with Crippen molar-refractivity contribution in [2.75, 3.05) is 6.61 Å². The van der Waals surface area contributed by atoms with E-state index in [1.807, 2.05) is 20.8 Å². The van der Waals surface area contributed by atoms with Gasteiger partial charge in [-0.1, -0.05) is 27.2 Å².